The molecule has 4 aromatic rings. The summed E-state index contributed by atoms with van der Waals surface area (Å²) in [5.74, 6) is 0.432. The number of methoxy groups -OCH3 is 1. The first-order chi connectivity index (χ1) is 19.1. The normalized spacial score (nSPS) is 12.0. The molecule has 0 bridgehead atoms. The molecule has 0 spiro atoms. The molecule has 2 aromatic heterocycles. The van der Waals surface area contributed by atoms with Gasteiger partial charge < -0.3 is 34.9 Å². The summed E-state index contributed by atoms with van der Waals surface area (Å²) in [5, 5.41) is 4.22. The van der Waals surface area contributed by atoms with Crippen LogP contribution in [0.25, 0.3) is 22.2 Å². The zero-order valence-corrected chi connectivity index (χ0v) is 24.4. The molecule has 0 amide bonds. The highest BCUT2D eigenvalue weighted by Gasteiger charge is 2.23. The van der Waals surface area contributed by atoms with Crippen molar-refractivity contribution in [1.29, 1.82) is 0 Å². The molecule has 4 rings (SSSR count). The van der Waals surface area contributed by atoms with E-state index < -0.39 is 5.97 Å². The number of likely N-dealkylation sites (N-methyl/N-ethyl adjacent to an activating group) is 2. The highest BCUT2D eigenvalue weighted by Crippen LogP contribution is 2.37. The Morgan fingerprint density at radius 3 is 2.62 bits per heavy atom. The van der Waals surface area contributed by atoms with E-state index in [0.29, 0.717) is 40.8 Å². The zero-order valence-electron chi connectivity index (χ0n) is 24.4. The Bertz CT molecular complexity index is 1500. The quantitative estimate of drug-likeness (QED) is 0.200. The minimum atomic E-state index is -0.462. The maximum absolute atomic E-state index is 13.2. The van der Waals surface area contributed by atoms with Crippen molar-refractivity contribution < 1.29 is 14.3 Å². The van der Waals surface area contributed by atoms with Gasteiger partial charge in [-0.05, 0) is 39.6 Å². The molecule has 0 aliphatic carbocycles. The Balaban J connectivity index is 1.75. The molecule has 0 radical (unpaired) electrons. The average Bonchev–Trinajstić information content (AvgIpc) is 3.28. The number of carbonyl (C=O) groups is 1. The van der Waals surface area contributed by atoms with Crippen LogP contribution in [0.15, 0.2) is 48.8 Å². The third kappa shape index (κ3) is 6.12. The summed E-state index contributed by atoms with van der Waals surface area (Å²) in [7, 11) is 9.64. The van der Waals surface area contributed by atoms with E-state index in [1.54, 1.807) is 7.11 Å². The Morgan fingerprint density at radius 2 is 1.93 bits per heavy atom. The first-order valence-corrected chi connectivity index (χ1v) is 13.4. The maximum atomic E-state index is 13.2. The molecule has 1 unspecified atom stereocenters. The molecule has 2 aromatic carbocycles. The molecule has 0 fully saturated rings. The SMILES string of the molecule is CCC(C)OC(=O)c1cnc(Nc2cc(N)c(N(C)CCN(C)C)cc2OC)nc1-c1cn(C)c2ccccc12. The number of rotatable bonds is 11. The predicted octanol–water partition coefficient (Wildman–Crippen LogP) is 4.92. The number of ether oxygens (including phenoxy) is 2. The van der Waals surface area contributed by atoms with Crippen LogP contribution in [0.1, 0.15) is 30.6 Å². The number of hydrogen-bond acceptors (Lipinski definition) is 9. The fourth-order valence-corrected chi connectivity index (χ4v) is 4.43. The van der Waals surface area contributed by atoms with Gasteiger partial charge in [-0.2, -0.15) is 0 Å². The smallest absolute Gasteiger partial charge is 0.342 e. The number of esters is 1. The minimum absolute atomic E-state index is 0.229. The van der Waals surface area contributed by atoms with Gasteiger partial charge in [0.05, 0.1) is 36.0 Å². The Labute approximate surface area is 235 Å². The van der Waals surface area contributed by atoms with Crippen molar-refractivity contribution in [2.24, 2.45) is 7.05 Å². The monoisotopic (exact) mass is 545 g/mol. The lowest BCUT2D eigenvalue weighted by molar-refractivity contribution is 0.0334. The van der Waals surface area contributed by atoms with Crippen molar-refractivity contribution in [3.8, 4) is 17.0 Å². The van der Waals surface area contributed by atoms with Crippen molar-refractivity contribution in [2.75, 3.05) is 57.3 Å². The number of fused-ring (bicyclic) bond motifs is 1. The fraction of sp³-hybridized carbons (Fsp3) is 0.367. The fourth-order valence-electron chi connectivity index (χ4n) is 4.43. The van der Waals surface area contributed by atoms with Gasteiger partial charge in [0.15, 0.2) is 0 Å². The van der Waals surface area contributed by atoms with Crippen LogP contribution in [0.4, 0.5) is 23.0 Å². The second-order valence-electron chi connectivity index (χ2n) is 10.2. The lowest BCUT2D eigenvalue weighted by Crippen LogP contribution is -2.29. The summed E-state index contributed by atoms with van der Waals surface area (Å²) < 4.78 is 13.4. The van der Waals surface area contributed by atoms with E-state index in [1.807, 2.05) is 89.2 Å². The molecule has 0 aliphatic heterocycles. The lowest BCUT2D eigenvalue weighted by Gasteiger charge is -2.24. The van der Waals surface area contributed by atoms with E-state index in [-0.39, 0.29) is 6.10 Å². The van der Waals surface area contributed by atoms with Crippen LogP contribution in [0.2, 0.25) is 0 Å². The van der Waals surface area contributed by atoms with Crippen LogP contribution in [0.3, 0.4) is 0 Å². The van der Waals surface area contributed by atoms with E-state index in [1.165, 1.54) is 6.20 Å². The summed E-state index contributed by atoms with van der Waals surface area (Å²) in [5.41, 5.74) is 11.1. The van der Waals surface area contributed by atoms with Crippen molar-refractivity contribution in [3.05, 3.63) is 54.4 Å². The summed E-state index contributed by atoms with van der Waals surface area (Å²) >= 11 is 0. The van der Waals surface area contributed by atoms with Gasteiger partial charge in [0.2, 0.25) is 5.95 Å². The summed E-state index contributed by atoms with van der Waals surface area (Å²) in [6.07, 6.45) is 3.95. The Hall–Kier alpha value is -4.31. The molecule has 0 saturated heterocycles. The van der Waals surface area contributed by atoms with Crippen LogP contribution in [0.5, 0.6) is 5.75 Å². The van der Waals surface area contributed by atoms with Crippen LogP contribution in [0, 0.1) is 0 Å². The first kappa shape index (κ1) is 28.7. The molecule has 0 aliphatic rings. The number of nitrogen functional groups attached to an aromatic ring is 1. The minimum Gasteiger partial charge on any atom is -0.494 e. The molecule has 1 atom stereocenters. The molecular weight excluding hydrogens is 506 g/mol. The predicted molar refractivity (Wildman–Crippen MR) is 162 cm³/mol. The van der Waals surface area contributed by atoms with Crippen LogP contribution in [-0.4, -0.2) is 72.9 Å². The number of anilines is 4. The molecular formula is C30H39N7O3. The number of nitrogens with one attached hydrogen (secondary N) is 1. The van der Waals surface area contributed by atoms with Crippen molar-refractivity contribution in [1.82, 2.24) is 19.4 Å². The standard InChI is InChI=1S/C30H39N7O3/c1-8-19(2)40-29(38)21-17-32-30(34-28(21)22-18-37(6)25-12-10-9-11-20(22)25)33-24-15-23(31)26(16-27(24)39-7)36(5)14-13-35(3)4/h9-12,15-19H,8,13-14,31H2,1-7H3,(H,32,33,34). The van der Waals surface area contributed by atoms with E-state index in [9.17, 15) is 4.79 Å². The van der Waals surface area contributed by atoms with Gasteiger partial charge in [-0.25, -0.2) is 14.8 Å². The van der Waals surface area contributed by atoms with Gasteiger partial charge in [0.25, 0.3) is 0 Å². The number of hydrogen-bond donors (Lipinski definition) is 2. The Kier molecular flexibility index (Phi) is 8.79. The largest absolute Gasteiger partial charge is 0.494 e. The second-order valence-corrected chi connectivity index (χ2v) is 10.2. The third-order valence-electron chi connectivity index (χ3n) is 6.93. The number of aryl methyl sites for hydroxylation is 1. The number of nitrogens with zero attached hydrogens (tertiary/aromatic N) is 5. The highest BCUT2D eigenvalue weighted by molar-refractivity contribution is 6.03. The number of benzene rings is 2. The highest BCUT2D eigenvalue weighted by atomic mass is 16.5. The lowest BCUT2D eigenvalue weighted by atomic mass is 10.1. The molecule has 212 valence electrons. The van der Waals surface area contributed by atoms with Gasteiger partial charge in [0, 0.05) is 62.1 Å². The molecule has 2 heterocycles. The maximum Gasteiger partial charge on any atom is 0.342 e. The van der Waals surface area contributed by atoms with Gasteiger partial charge in [-0.15, -0.1) is 0 Å². The number of carbonyl (C=O) groups excluding carboxylic acids is 1. The van der Waals surface area contributed by atoms with E-state index in [2.05, 4.69) is 20.1 Å². The first-order valence-electron chi connectivity index (χ1n) is 13.4. The third-order valence-corrected chi connectivity index (χ3v) is 6.93. The molecule has 10 nitrogen and oxygen atoms in total. The van der Waals surface area contributed by atoms with E-state index in [4.69, 9.17) is 20.2 Å². The average molecular weight is 546 g/mol. The van der Waals surface area contributed by atoms with Gasteiger partial charge in [0.1, 0.15) is 11.3 Å². The van der Waals surface area contributed by atoms with Crippen LogP contribution >= 0.6 is 0 Å². The van der Waals surface area contributed by atoms with Crippen molar-refractivity contribution in [3.63, 3.8) is 0 Å². The number of nitrogens with two attached hydrogens (primary N) is 1. The summed E-state index contributed by atoms with van der Waals surface area (Å²) in [6, 6.07) is 11.7. The van der Waals surface area contributed by atoms with E-state index in [0.717, 1.165) is 35.2 Å². The van der Waals surface area contributed by atoms with Crippen LogP contribution in [-0.2, 0) is 11.8 Å². The number of para-hydroxylation sites is 1. The van der Waals surface area contributed by atoms with Crippen LogP contribution < -0.4 is 20.7 Å². The van der Waals surface area contributed by atoms with Crippen molar-refractivity contribution >= 4 is 39.9 Å². The Morgan fingerprint density at radius 1 is 1.18 bits per heavy atom. The molecule has 40 heavy (non-hydrogen) atoms. The summed E-state index contributed by atoms with van der Waals surface area (Å²) in [6.45, 7) is 5.52. The molecule has 10 heteroatoms. The second kappa shape index (κ2) is 12.3. The molecule has 3 N–H and O–H groups in total. The number of aromatic nitrogens is 3. The van der Waals surface area contributed by atoms with Gasteiger partial charge >= 0.3 is 5.97 Å². The van der Waals surface area contributed by atoms with E-state index >= 15 is 0 Å². The topological polar surface area (TPSA) is 111 Å². The molecule has 0 saturated carbocycles. The summed E-state index contributed by atoms with van der Waals surface area (Å²) in [4.78, 5) is 26.7. The van der Waals surface area contributed by atoms with Gasteiger partial charge in [-0.3, -0.25) is 0 Å². The van der Waals surface area contributed by atoms with Gasteiger partial charge in [-0.1, -0.05) is 25.1 Å². The van der Waals surface area contributed by atoms with Crippen molar-refractivity contribution in [2.45, 2.75) is 26.4 Å². The zero-order chi connectivity index (χ0) is 29.0.